The molecule has 0 aliphatic carbocycles. The first-order chi connectivity index (χ1) is 12.6. The third-order valence-corrected chi connectivity index (χ3v) is 5.37. The van der Waals surface area contributed by atoms with Crippen LogP contribution in [0.5, 0.6) is 0 Å². The van der Waals surface area contributed by atoms with Crippen molar-refractivity contribution in [3.63, 3.8) is 0 Å². The van der Waals surface area contributed by atoms with Crippen LogP contribution in [0.2, 0.25) is 5.02 Å². The average Bonchev–Trinajstić information content (AvgIpc) is 2.64. The number of amides is 1. The quantitative estimate of drug-likeness (QED) is 0.678. The highest BCUT2D eigenvalue weighted by Gasteiger charge is 2.25. The van der Waals surface area contributed by atoms with Crippen LogP contribution in [0.1, 0.15) is 24.1 Å². The molecule has 1 amide bonds. The Labute approximate surface area is 160 Å². The molecule has 0 unspecified atom stereocenters. The van der Waals surface area contributed by atoms with Crippen molar-refractivity contribution >= 4 is 17.5 Å². The first kappa shape index (κ1) is 18.9. The van der Waals surface area contributed by atoms with Crippen LogP contribution in [0, 0.1) is 0 Å². The lowest BCUT2D eigenvalue weighted by molar-refractivity contribution is -1.02. The van der Waals surface area contributed by atoms with Crippen LogP contribution in [-0.4, -0.2) is 38.6 Å². The van der Waals surface area contributed by atoms with Crippen LogP contribution < -0.4 is 15.1 Å². The second kappa shape index (κ2) is 9.17. The second-order valence-corrected chi connectivity index (χ2v) is 7.62. The van der Waals surface area contributed by atoms with Gasteiger partial charge in [0.1, 0.15) is 32.7 Å². The highest BCUT2D eigenvalue weighted by atomic mass is 35.5. The zero-order chi connectivity index (χ0) is 18.4. The summed E-state index contributed by atoms with van der Waals surface area (Å²) in [5.41, 5.74) is 2.47. The number of carbonyl (C=O) groups is 1. The van der Waals surface area contributed by atoms with E-state index >= 15 is 0 Å². The molecule has 2 aromatic carbocycles. The smallest absolute Gasteiger partial charge is 0.275 e. The molecule has 26 heavy (non-hydrogen) atoms. The predicted octanol–water partition coefficient (Wildman–Crippen LogP) is 0.501. The average molecular weight is 374 g/mol. The Morgan fingerprint density at radius 2 is 1.62 bits per heavy atom. The van der Waals surface area contributed by atoms with Crippen molar-refractivity contribution in [3.05, 3.63) is 70.7 Å². The number of carbonyl (C=O) groups excluding carboxylic acids is 1. The van der Waals surface area contributed by atoms with E-state index in [1.807, 2.05) is 31.2 Å². The first-order valence-electron chi connectivity index (χ1n) is 9.36. The lowest BCUT2D eigenvalue weighted by Gasteiger charge is -2.29. The second-order valence-electron chi connectivity index (χ2n) is 7.18. The summed E-state index contributed by atoms with van der Waals surface area (Å²) in [7, 11) is 0. The number of halogens is 1. The Morgan fingerprint density at radius 3 is 2.27 bits per heavy atom. The van der Waals surface area contributed by atoms with Crippen LogP contribution in [0.3, 0.4) is 0 Å². The lowest BCUT2D eigenvalue weighted by atomic mass is 10.1. The van der Waals surface area contributed by atoms with Crippen molar-refractivity contribution in [2.45, 2.75) is 19.5 Å². The molecular formula is C21H28ClN3O+2. The fraction of sp³-hybridized carbons (Fsp3) is 0.381. The minimum Gasteiger partial charge on any atom is -0.345 e. The molecule has 3 N–H and O–H groups in total. The van der Waals surface area contributed by atoms with Gasteiger partial charge in [0.2, 0.25) is 0 Å². The number of benzene rings is 2. The van der Waals surface area contributed by atoms with E-state index in [1.165, 1.54) is 10.5 Å². The Bertz CT molecular complexity index is 697. The van der Waals surface area contributed by atoms with Gasteiger partial charge in [0.15, 0.2) is 6.54 Å². The van der Waals surface area contributed by atoms with E-state index in [2.05, 4.69) is 35.6 Å². The maximum Gasteiger partial charge on any atom is 0.275 e. The molecule has 1 aliphatic rings. The van der Waals surface area contributed by atoms with E-state index in [1.54, 1.807) is 4.90 Å². The third-order valence-electron chi connectivity index (χ3n) is 5.12. The summed E-state index contributed by atoms with van der Waals surface area (Å²) in [4.78, 5) is 15.4. The molecule has 1 saturated heterocycles. The van der Waals surface area contributed by atoms with Gasteiger partial charge in [0.25, 0.3) is 5.91 Å². The zero-order valence-electron chi connectivity index (χ0n) is 15.3. The highest BCUT2D eigenvalue weighted by Crippen LogP contribution is 2.15. The van der Waals surface area contributed by atoms with Gasteiger partial charge in [-0.2, -0.15) is 0 Å². The van der Waals surface area contributed by atoms with Crippen molar-refractivity contribution in [1.29, 1.82) is 0 Å². The summed E-state index contributed by atoms with van der Waals surface area (Å²) in [5, 5.41) is 3.82. The van der Waals surface area contributed by atoms with Gasteiger partial charge in [-0.15, -0.1) is 0 Å². The Kier molecular flexibility index (Phi) is 6.67. The van der Waals surface area contributed by atoms with Crippen molar-refractivity contribution in [1.82, 2.24) is 5.32 Å². The summed E-state index contributed by atoms with van der Waals surface area (Å²) in [6, 6.07) is 18.3. The maximum absolute atomic E-state index is 12.4. The van der Waals surface area contributed by atoms with Gasteiger partial charge in [0.05, 0.1) is 6.04 Å². The van der Waals surface area contributed by atoms with Crippen molar-refractivity contribution in [3.8, 4) is 0 Å². The summed E-state index contributed by atoms with van der Waals surface area (Å²) in [5.74, 6) is 0.119. The SMILES string of the molecule is C[C@H](NC(=O)C[NH+]1CC[NH+](Cc2ccccc2)CC1)c1ccc(Cl)cc1. The van der Waals surface area contributed by atoms with Crippen molar-refractivity contribution < 1.29 is 14.6 Å². The van der Waals surface area contributed by atoms with Gasteiger partial charge < -0.3 is 15.1 Å². The summed E-state index contributed by atoms with van der Waals surface area (Å²) in [6.45, 7) is 7.97. The number of quaternary nitrogens is 2. The van der Waals surface area contributed by atoms with E-state index < -0.39 is 0 Å². The van der Waals surface area contributed by atoms with Gasteiger partial charge in [-0.25, -0.2) is 0 Å². The summed E-state index contributed by atoms with van der Waals surface area (Å²) < 4.78 is 0. The third kappa shape index (κ3) is 5.56. The fourth-order valence-corrected chi connectivity index (χ4v) is 3.68. The topological polar surface area (TPSA) is 38.0 Å². The molecule has 0 aromatic heterocycles. The number of piperazine rings is 1. The largest absolute Gasteiger partial charge is 0.345 e. The highest BCUT2D eigenvalue weighted by molar-refractivity contribution is 6.30. The van der Waals surface area contributed by atoms with Crippen LogP contribution in [0.4, 0.5) is 0 Å². The standard InChI is InChI=1S/C21H26ClN3O/c1-17(19-7-9-20(22)10-8-19)23-21(26)16-25-13-11-24(12-14-25)15-18-5-3-2-4-6-18/h2-10,17H,11-16H2,1H3,(H,23,26)/p+2/t17-/m0/s1. The molecule has 0 radical (unpaired) electrons. The van der Waals surface area contributed by atoms with Crippen LogP contribution in [-0.2, 0) is 11.3 Å². The minimum absolute atomic E-state index is 0.00385. The minimum atomic E-state index is 0.00385. The molecule has 1 heterocycles. The van der Waals surface area contributed by atoms with Crippen LogP contribution >= 0.6 is 11.6 Å². The molecule has 2 aromatic rings. The molecule has 0 spiro atoms. The molecule has 3 rings (SSSR count). The van der Waals surface area contributed by atoms with E-state index in [4.69, 9.17) is 11.6 Å². The lowest BCUT2D eigenvalue weighted by Crippen LogP contribution is -3.28. The fourth-order valence-electron chi connectivity index (χ4n) is 3.55. The molecule has 1 aliphatic heterocycles. The maximum atomic E-state index is 12.4. The van der Waals surface area contributed by atoms with E-state index in [0.717, 1.165) is 38.3 Å². The first-order valence-corrected chi connectivity index (χ1v) is 9.74. The molecule has 4 nitrogen and oxygen atoms in total. The molecule has 1 fully saturated rings. The Balaban J connectivity index is 1.41. The number of rotatable bonds is 6. The normalized spacial score (nSPS) is 21.2. The van der Waals surface area contributed by atoms with Gasteiger partial charge in [0, 0.05) is 10.6 Å². The number of nitrogens with one attached hydrogen (secondary N) is 3. The van der Waals surface area contributed by atoms with E-state index in [0.29, 0.717) is 11.6 Å². The van der Waals surface area contributed by atoms with Gasteiger partial charge in [-0.05, 0) is 24.6 Å². The van der Waals surface area contributed by atoms with Gasteiger partial charge in [-0.1, -0.05) is 54.1 Å². The predicted molar refractivity (Wildman–Crippen MR) is 104 cm³/mol. The number of hydrogen-bond donors (Lipinski definition) is 3. The number of hydrogen-bond acceptors (Lipinski definition) is 1. The van der Waals surface area contributed by atoms with Crippen LogP contribution in [0.25, 0.3) is 0 Å². The van der Waals surface area contributed by atoms with Crippen molar-refractivity contribution in [2.75, 3.05) is 32.7 Å². The van der Waals surface area contributed by atoms with Crippen molar-refractivity contribution in [2.24, 2.45) is 0 Å². The van der Waals surface area contributed by atoms with E-state index in [9.17, 15) is 4.79 Å². The molecular weight excluding hydrogens is 346 g/mol. The summed E-state index contributed by atoms with van der Waals surface area (Å²) >= 11 is 5.92. The van der Waals surface area contributed by atoms with Gasteiger partial charge in [-0.3, -0.25) is 4.79 Å². The zero-order valence-corrected chi connectivity index (χ0v) is 16.1. The van der Waals surface area contributed by atoms with E-state index in [-0.39, 0.29) is 11.9 Å². The molecule has 1 atom stereocenters. The molecule has 0 saturated carbocycles. The molecule has 5 heteroatoms. The van der Waals surface area contributed by atoms with Gasteiger partial charge >= 0.3 is 0 Å². The molecule has 0 bridgehead atoms. The van der Waals surface area contributed by atoms with Crippen LogP contribution in [0.15, 0.2) is 54.6 Å². The monoisotopic (exact) mass is 373 g/mol. The molecule has 138 valence electrons. The Morgan fingerprint density at radius 1 is 1.00 bits per heavy atom. The summed E-state index contributed by atoms with van der Waals surface area (Å²) in [6.07, 6.45) is 0. The Hall–Kier alpha value is -1.88.